The second-order valence-corrected chi connectivity index (χ2v) is 7.70. The van der Waals surface area contributed by atoms with E-state index in [2.05, 4.69) is 21.9 Å². The lowest BCUT2D eigenvalue weighted by molar-refractivity contribution is 0.328. The van der Waals surface area contributed by atoms with Crippen molar-refractivity contribution in [3.8, 4) is 0 Å². The van der Waals surface area contributed by atoms with Crippen LogP contribution in [-0.2, 0) is 15.8 Å². The van der Waals surface area contributed by atoms with E-state index in [0.29, 0.717) is 5.92 Å². The molecule has 0 aliphatic carbocycles. The Bertz CT molecular complexity index is 762. The predicted molar refractivity (Wildman–Crippen MR) is 95.2 cm³/mol. The topological polar surface area (TPSA) is 71.1 Å². The number of nitrogens with zero attached hydrogens (tertiary/aromatic N) is 1. The molecule has 3 rings (SSSR count). The van der Waals surface area contributed by atoms with Gasteiger partial charge in [0.15, 0.2) is 0 Å². The number of para-hydroxylation sites is 1. The molecule has 0 spiro atoms. The largest absolute Gasteiger partial charge is 0.316 e. The standard InChI is InChI=1S/C16H21N3O2S.ClH/c1-12-10-17-9-7-15(12)19-22(20,21)11-14-5-2-4-13-6-3-8-18-16(13)14;/h2-6,8,12,15,17,19H,7,9-11H2,1H3;1H. The summed E-state index contributed by atoms with van der Waals surface area (Å²) in [5.74, 6) is 0.270. The lowest BCUT2D eigenvalue weighted by Gasteiger charge is -2.30. The SMILES string of the molecule is CC1CNCCC1NS(=O)(=O)Cc1cccc2cccnc12.Cl. The molecule has 0 bridgehead atoms. The summed E-state index contributed by atoms with van der Waals surface area (Å²) < 4.78 is 27.9. The molecular formula is C16H22ClN3O2S. The Morgan fingerprint density at radius 2 is 2.09 bits per heavy atom. The number of hydrogen-bond acceptors (Lipinski definition) is 4. The van der Waals surface area contributed by atoms with Crippen molar-refractivity contribution in [2.45, 2.75) is 25.1 Å². The number of hydrogen-bond donors (Lipinski definition) is 2. The quantitative estimate of drug-likeness (QED) is 0.880. The van der Waals surface area contributed by atoms with Gasteiger partial charge in [0.1, 0.15) is 0 Å². The van der Waals surface area contributed by atoms with Crippen molar-refractivity contribution < 1.29 is 8.42 Å². The van der Waals surface area contributed by atoms with Crippen molar-refractivity contribution >= 4 is 33.3 Å². The second kappa shape index (κ2) is 7.57. The minimum absolute atomic E-state index is 0. The molecule has 5 nitrogen and oxygen atoms in total. The Labute approximate surface area is 143 Å². The average molecular weight is 356 g/mol. The highest BCUT2D eigenvalue weighted by atomic mass is 35.5. The molecule has 1 aromatic heterocycles. The first-order chi connectivity index (χ1) is 10.6. The Morgan fingerprint density at radius 1 is 1.30 bits per heavy atom. The molecular weight excluding hydrogens is 334 g/mol. The van der Waals surface area contributed by atoms with E-state index in [1.807, 2.05) is 30.3 Å². The van der Waals surface area contributed by atoms with Crippen LogP contribution in [0, 0.1) is 5.92 Å². The summed E-state index contributed by atoms with van der Waals surface area (Å²) >= 11 is 0. The minimum Gasteiger partial charge on any atom is -0.316 e. The van der Waals surface area contributed by atoms with Crippen molar-refractivity contribution in [1.29, 1.82) is 0 Å². The number of benzene rings is 1. The second-order valence-electron chi connectivity index (χ2n) is 5.95. The van der Waals surface area contributed by atoms with Gasteiger partial charge in [0, 0.05) is 17.6 Å². The van der Waals surface area contributed by atoms with Crippen LogP contribution < -0.4 is 10.0 Å². The summed E-state index contributed by atoms with van der Waals surface area (Å²) in [6, 6.07) is 9.47. The van der Waals surface area contributed by atoms with Crippen LogP contribution in [0.15, 0.2) is 36.5 Å². The Hall–Kier alpha value is -1.21. The molecule has 0 amide bonds. The molecule has 2 unspecified atom stereocenters. The van der Waals surface area contributed by atoms with Crippen LogP contribution >= 0.6 is 12.4 Å². The summed E-state index contributed by atoms with van der Waals surface area (Å²) in [7, 11) is -3.38. The molecule has 2 heterocycles. The third-order valence-corrected chi connectivity index (χ3v) is 5.53. The van der Waals surface area contributed by atoms with E-state index in [0.717, 1.165) is 36.0 Å². The van der Waals surface area contributed by atoms with Crippen molar-refractivity contribution in [2.75, 3.05) is 13.1 Å². The number of halogens is 1. The van der Waals surface area contributed by atoms with Gasteiger partial charge in [0.25, 0.3) is 0 Å². The maximum absolute atomic E-state index is 12.5. The van der Waals surface area contributed by atoms with Crippen LogP contribution in [0.1, 0.15) is 18.9 Å². The molecule has 1 aromatic carbocycles. The van der Waals surface area contributed by atoms with Gasteiger partial charge in [-0.25, -0.2) is 13.1 Å². The van der Waals surface area contributed by atoms with Crippen LogP contribution in [-0.4, -0.2) is 32.5 Å². The van der Waals surface area contributed by atoms with Crippen molar-refractivity contribution in [1.82, 2.24) is 15.0 Å². The fraction of sp³-hybridized carbons (Fsp3) is 0.438. The van der Waals surface area contributed by atoms with Gasteiger partial charge in [-0.15, -0.1) is 12.4 Å². The first kappa shape index (κ1) is 18.1. The zero-order valence-corrected chi connectivity index (χ0v) is 14.7. The molecule has 2 N–H and O–H groups in total. The van der Waals surface area contributed by atoms with Gasteiger partial charge >= 0.3 is 0 Å². The van der Waals surface area contributed by atoms with E-state index < -0.39 is 10.0 Å². The average Bonchev–Trinajstić information content (AvgIpc) is 2.49. The third kappa shape index (κ3) is 4.41. The Morgan fingerprint density at radius 3 is 2.87 bits per heavy atom. The summed E-state index contributed by atoms with van der Waals surface area (Å²) in [5.41, 5.74) is 1.50. The first-order valence-electron chi connectivity index (χ1n) is 7.58. The molecule has 0 saturated carbocycles. The molecule has 1 aliphatic rings. The van der Waals surface area contributed by atoms with Gasteiger partial charge in [-0.3, -0.25) is 4.98 Å². The van der Waals surface area contributed by atoms with Crippen LogP contribution in [0.2, 0.25) is 0 Å². The number of piperidine rings is 1. The minimum atomic E-state index is -3.38. The smallest absolute Gasteiger partial charge is 0.216 e. The van der Waals surface area contributed by atoms with Gasteiger partial charge in [0.05, 0.1) is 11.3 Å². The van der Waals surface area contributed by atoms with Crippen molar-refractivity contribution in [3.63, 3.8) is 0 Å². The highest BCUT2D eigenvalue weighted by molar-refractivity contribution is 7.88. The van der Waals surface area contributed by atoms with Crippen LogP contribution in [0.25, 0.3) is 10.9 Å². The van der Waals surface area contributed by atoms with E-state index >= 15 is 0 Å². The van der Waals surface area contributed by atoms with E-state index in [9.17, 15) is 8.42 Å². The van der Waals surface area contributed by atoms with Crippen LogP contribution in [0.4, 0.5) is 0 Å². The molecule has 1 saturated heterocycles. The zero-order valence-electron chi connectivity index (χ0n) is 13.0. The highest BCUT2D eigenvalue weighted by Crippen LogP contribution is 2.19. The highest BCUT2D eigenvalue weighted by Gasteiger charge is 2.26. The van der Waals surface area contributed by atoms with Crippen LogP contribution in [0.5, 0.6) is 0 Å². The van der Waals surface area contributed by atoms with Crippen LogP contribution in [0.3, 0.4) is 0 Å². The van der Waals surface area contributed by atoms with E-state index in [1.54, 1.807) is 6.20 Å². The van der Waals surface area contributed by atoms with Crippen molar-refractivity contribution in [3.05, 3.63) is 42.1 Å². The fourth-order valence-electron chi connectivity index (χ4n) is 2.95. The summed E-state index contributed by atoms with van der Waals surface area (Å²) in [4.78, 5) is 4.32. The molecule has 1 fully saturated rings. The number of fused-ring (bicyclic) bond motifs is 1. The predicted octanol–water partition coefficient (Wildman–Crippen LogP) is 2.07. The van der Waals surface area contributed by atoms with Crippen molar-refractivity contribution in [2.24, 2.45) is 5.92 Å². The maximum atomic E-state index is 12.5. The molecule has 0 radical (unpaired) electrons. The lowest BCUT2D eigenvalue weighted by atomic mass is 9.97. The number of pyridine rings is 1. The molecule has 7 heteroatoms. The number of rotatable bonds is 4. The summed E-state index contributed by atoms with van der Waals surface area (Å²) in [5, 5.41) is 4.24. The van der Waals surface area contributed by atoms with Gasteiger partial charge in [-0.05, 0) is 37.1 Å². The van der Waals surface area contributed by atoms with Gasteiger partial charge in [0.2, 0.25) is 10.0 Å². The molecule has 2 aromatic rings. The normalized spacial score (nSPS) is 21.8. The summed E-state index contributed by atoms with van der Waals surface area (Å²) in [6.07, 6.45) is 2.52. The molecule has 126 valence electrons. The zero-order chi connectivity index (χ0) is 15.6. The number of nitrogens with one attached hydrogen (secondary N) is 2. The first-order valence-corrected chi connectivity index (χ1v) is 9.24. The van der Waals surface area contributed by atoms with E-state index in [-0.39, 0.29) is 24.2 Å². The molecule has 23 heavy (non-hydrogen) atoms. The Balaban J connectivity index is 0.00000192. The van der Waals surface area contributed by atoms with E-state index in [4.69, 9.17) is 0 Å². The fourth-order valence-corrected chi connectivity index (χ4v) is 4.49. The molecule has 2 atom stereocenters. The maximum Gasteiger partial charge on any atom is 0.216 e. The third-order valence-electron chi connectivity index (χ3n) is 4.18. The number of aromatic nitrogens is 1. The lowest BCUT2D eigenvalue weighted by Crippen LogP contribution is -2.48. The van der Waals surface area contributed by atoms with Gasteiger partial charge in [-0.1, -0.05) is 31.2 Å². The van der Waals surface area contributed by atoms with Gasteiger partial charge in [-0.2, -0.15) is 0 Å². The molecule has 1 aliphatic heterocycles. The summed E-state index contributed by atoms with van der Waals surface area (Å²) in [6.45, 7) is 3.77. The Kier molecular flexibility index (Phi) is 5.97. The van der Waals surface area contributed by atoms with E-state index in [1.165, 1.54) is 0 Å². The van der Waals surface area contributed by atoms with Gasteiger partial charge < -0.3 is 5.32 Å². The number of sulfonamides is 1. The monoisotopic (exact) mass is 355 g/mol.